The average Bonchev–Trinajstić information content (AvgIpc) is 3.51. The predicted molar refractivity (Wildman–Crippen MR) is 118 cm³/mol. The lowest BCUT2D eigenvalue weighted by molar-refractivity contribution is 0.0930. The molecule has 2 aliphatic carbocycles. The maximum atomic E-state index is 13.3. The Morgan fingerprint density at radius 3 is 2.59 bits per heavy atom. The van der Waals surface area contributed by atoms with Crippen molar-refractivity contribution < 1.29 is 4.79 Å². The maximum Gasteiger partial charge on any atom is 0.252 e. The first-order chi connectivity index (χ1) is 14.1. The van der Waals surface area contributed by atoms with E-state index in [1.807, 2.05) is 6.92 Å². The molecule has 2 fully saturated rings. The number of hydrogen-bond acceptors (Lipinski definition) is 2. The van der Waals surface area contributed by atoms with Gasteiger partial charge in [0.15, 0.2) is 0 Å². The molecule has 2 atom stereocenters. The van der Waals surface area contributed by atoms with Crippen molar-refractivity contribution in [1.82, 2.24) is 5.32 Å². The molecule has 5 rings (SSSR count). The van der Waals surface area contributed by atoms with E-state index in [0.29, 0.717) is 12.0 Å². The highest BCUT2D eigenvalue weighted by Gasteiger charge is 2.46. The van der Waals surface area contributed by atoms with Crippen molar-refractivity contribution in [3.05, 3.63) is 82.9 Å². The van der Waals surface area contributed by atoms with Crippen molar-refractivity contribution in [3.8, 4) is 0 Å². The average molecular weight is 385 g/mol. The number of carbonyl (C=O) groups excluding carboxylic acids is 1. The lowest BCUT2D eigenvalue weighted by atomic mass is 9.76. The van der Waals surface area contributed by atoms with Gasteiger partial charge in [-0.15, -0.1) is 0 Å². The summed E-state index contributed by atoms with van der Waals surface area (Å²) in [6, 6.07) is 21.4. The van der Waals surface area contributed by atoms with E-state index in [0.717, 1.165) is 36.8 Å². The normalized spacial score (nSPS) is 22.1. The number of hydrogen-bond donors (Lipinski definition) is 2. The SMILES string of the molecule is Cc1ccc(CC2CC[C@H]2N)cc1C(=O)NC1(c2cccc3ccccc23)CC1. The second kappa shape index (κ2) is 7.00. The highest BCUT2D eigenvalue weighted by molar-refractivity contribution is 5.97. The Morgan fingerprint density at radius 1 is 1.07 bits per heavy atom. The highest BCUT2D eigenvalue weighted by atomic mass is 16.1. The molecule has 3 N–H and O–H groups in total. The number of fused-ring (bicyclic) bond motifs is 1. The summed E-state index contributed by atoms with van der Waals surface area (Å²) in [7, 11) is 0. The molecule has 3 aromatic carbocycles. The van der Waals surface area contributed by atoms with Gasteiger partial charge in [0, 0.05) is 11.6 Å². The number of rotatable bonds is 5. The number of nitrogens with two attached hydrogens (primary N) is 1. The molecule has 0 aliphatic heterocycles. The molecule has 0 radical (unpaired) electrons. The zero-order valence-corrected chi connectivity index (χ0v) is 16.9. The van der Waals surface area contributed by atoms with Crippen LogP contribution in [0.15, 0.2) is 60.7 Å². The molecule has 148 valence electrons. The number of benzene rings is 3. The van der Waals surface area contributed by atoms with E-state index in [9.17, 15) is 4.79 Å². The monoisotopic (exact) mass is 384 g/mol. The van der Waals surface area contributed by atoms with E-state index >= 15 is 0 Å². The molecular weight excluding hydrogens is 356 g/mol. The minimum atomic E-state index is -0.239. The lowest BCUT2D eigenvalue weighted by Gasteiger charge is -2.33. The van der Waals surface area contributed by atoms with Crippen LogP contribution in [-0.4, -0.2) is 11.9 Å². The topological polar surface area (TPSA) is 55.1 Å². The molecule has 0 spiro atoms. The summed E-state index contributed by atoms with van der Waals surface area (Å²) in [5.41, 5.74) is 10.2. The van der Waals surface area contributed by atoms with Gasteiger partial charge in [0.25, 0.3) is 5.91 Å². The van der Waals surface area contributed by atoms with Gasteiger partial charge in [0.2, 0.25) is 0 Å². The Labute approximate surface area is 172 Å². The molecule has 2 saturated carbocycles. The number of amides is 1. The summed E-state index contributed by atoms with van der Waals surface area (Å²) in [6.45, 7) is 2.02. The predicted octanol–water partition coefficient (Wildman–Crippen LogP) is 4.85. The van der Waals surface area contributed by atoms with E-state index in [1.54, 1.807) is 0 Å². The second-order valence-electron chi connectivity index (χ2n) is 8.92. The number of nitrogens with one attached hydrogen (secondary N) is 1. The molecule has 3 heteroatoms. The maximum absolute atomic E-state index is 13.3. The number of carbonyl (C=O) groups is 1. The van der Waals surface area contributed by atoms with E-state index in [4.69, 9.17) is 5.73 Å². The third kappa shape index (κ3) is 3.34. The van der Waals surface area contributed by atoms with E-state index in [1.165, 1.54) is 28.3 Å². The van der Waals surface area contributed by atoms with Crippen LogP contribution in [-0.2, 0) is 12.0 Å². The Balaban J connectivity index is 1.41. The lowest BCUT2D eigenvalue weighted by Crippen LogP contribution is -2.40. The zero-order valence-electron chi connectivity index (χ0n) is 16.9. The summed E-state index contributed by atoms with van der Waals surface area (Å²) in [5, 5.41) is 5.84. The van der Waals surface area contributed by atoms with Crippen LogP contribution in [0.4, 0.5) is 0 Å². The molecule has 0 aromatic heterocycles. The van der Waals surface area contributed by atoms with Gasteiger partial charge in [-0.3, -0.25) is 4.79 Å². The van der Waals surface area contributed by atoms with Crippen molar-refractivity contribution >= 4 is 16.7 Å². The van der Waals surface area contributed by atoms with Crippen LogP contribution in [0.1, 0.15) is 52.7 Å². The third-order valence-corrected chi connectivity index (χ3v) is 6.93. The van der Waals surface area contributed by atoms with Gasteiger partial charge in [0.05, 0.1) is 5.54 Å². The summed E-state index contributed by atoms with van der Waals surface area (Å²) in [5.74, 6) is 0.590. The molecule has 1 amide bonds. The van der Waals surface area contributed by atoms with Crippen molar-refractivity contribution in [3.63, 3.8) is 0 Å². The summed E-state index contributed by atoms with van der Waals surface area (Å²) in [6.07, 6.45) is 5.26. The quantitative estimate of drug-likeness (QED) is 0.661. The van der Waals surface area contributed by atoms with Crippen LogP contribution in [0.5, 0.6) is 0 Å². The first kappa shape index (κ1) is 18.4. The van der Waals surface area contributed by atoms with Gasteiger partial charge in [-0.2, -0.15) is 0 Å². The van der Waals surface area contributed by atoms with E-state index in [2.05, 4.69) is 66.0 Å². The zero-order chi connectivity index (χ0) is 20.0. The number of aryl methyl sites for hydroxylation is 1. The molecule has 0 heterocycles. The van der Waals surface area contributed by atoms with Gasteiger partial charge < -0.3 is 11.1 Å². The fourth-order valence-corrected chi connectivity index (χ4v) is 4.71. The Hall–Kier alpha value is -2.65. The Bertz CT molecular complexity index is 1080. The molecular formula is C26H28N2O. The smallest absolute Gasteiger partial charge is 0.252 e. The van der Waals surface area contributed by atoms with Gasteiger partial charge in [-0.1, -0.05) is 54.6 Å². The van der Waals surface area contributed by atoms with Crippen molar-refractivity contribution in [2.24, 2.45) is 11.7 Å². The summed E-state index contributed by atoms with van der Waals surface area (Å²) >= 11 is 0. The Kier molecular flexibility index (Phi) is 4.44. The minimum absolute atomic E-state index is 0.0349. The van der Waals surface area contributed by atoms with Crippen LogP contribution in [0.2, 0.25) is 0 Å². The van der Waals surface area contributed by atoms with Gasteiger partial charge >= 0.3 is 0 Å². The van der Waals surface area contributed by atoms with E-state index in [-0.39, 0.29) is 11.4 Å². The summed E-state index contributed by atoms with van der Waals surface area (Å²) in [4.78, 5) is 13.3. The first-order valence-corrected chi connectivity index (χ1v) is 10.7. The van der Waals surface area contributed by atoms with Gasteiger partial charge in [0.1, 0.15) is 0 Å². The standard InChI is InChI=1S/C26H28N2O/c1-17-9-10-18(15-20-11-12-24(20)27)16-22(17)25(29)28-26(13-14-26)23-8-4-6-19-5-2-3-7-21(19)23/h2-10,16,20,24H,11-15,27H2,1H3,(H,28,29)/t20?,24-/m1/s1. The van der Waals surface area contributed by atoms with Crippen LogP contribution in [0, 0.1) is 12.8 Å². The highest BCUT2D eigenvalue weighted by Crippen LogP contribution is 2.48. The minimum Gasteiger partial charge on any atom is -0.342 e. The van der Waals surface area contributed by atoms with Crippen LogP contribution >= 0.6 is 0 Å². The molecule has 2 aliphatic rings. The molecule has 0 bridgehead atoms. The summed E-state index contributed by atoms with van der Waals surface area (Å²) < 4.78 is 0. The van der Waals surface area contributed by atoms with Gasteiger partial charge in [-0.05, 0) is 78.5 Å². The molecule has 29 heavy (non-hydrogen) atoms. The Morgan fingerprint density at radius 2 is 1.86 bits per heavy atom. The van der Waals surface area contributed by atoms with Crippen LogP contribution < -0.4 is 11.1 Å². The second-order valence-corrected chi connectivity index (χ2v) is 8.92. The van der Waals surface area contributed by atoms with Crippen molar-refractivity contribution in [2.45, 2.75) is 50.6 Å². The van der Waals surface area contributed by atoms with E-state index < -0.39 is 0 Å². The first-order valence-electron chi connectivity index (χ1n) is 10.7. The molecule has 3 nitrogen and oxygen atoms in total. The van der Waals surface area contributed by atoms with Crippen molar-refractivity contribution in [1.29, 1.82) is 0 Å². The third-order valence-electron chi connectivity index (χ3n) is 6.93. The largest absolute Gasteiger partial charge is 0.342 e. The molecule has 0 saturated heterocycles. The van der Waals surface area contributed by atoms with Crippen LogP contribution in [0.3, 0.4) is 0 Å². The van der Waals surface area contributed by atoms with Gasteiger partial charge in [-0.25, -0.2) is 0 Å². The molecule has 1 unspecified atom stereocenters. The van der Waals surface area contributed by atoms with Crippen molar-refractivity contribution in [2.75, 3.05) is 0 Å². The fraction of sp³-hybridized carbons (Fsp3) is 0.346. The fourth-order valence-electron chi connectivity index (χ4n) is 4.71. The van der Waals surface area contributed by atoms with Crippen LogP contribution in [0.25, 0.3) is 10.8 Å². The molecule has 3 aromatic rings.